The van der Waals surface area contributed by atoms with Crippen LogP contribution in [0.1, 0.15) is 88.5 Å². The van der Waals surface area contributed by atoms with Gasteiger partial charge in [0.2, 0.25) is 0 Å². The lowest BCUT2D eigenvalue weighted by Crippen LogP contribution is -2.41. The minimum Gasteiger partial charge on any atom is -0.497 e. The first kappa shape index (κ1) is 55.7. The van der Waals surface area contributed by atoms with Crippen LogP contribution >= 0.6 is 31.9 Å². The molecule has 340 valence electrons. The van der Waals surface area contributed by atoms with Crippen LogP contribution < -0.4 is 24.4 Å². The number of benzene rings is 4. The predicted octanol–water partition coefficient (Wildman–Crippen LogP) is 8.14. The van der Waals surface area contributed by atoms with E-state index in [0.717, 1.165) is 46.6 Å². The van der Waals surface area contributed by atoms with Gasteiger partial charge in [0.15, 0.2) is 0 Å². The first-order valence-electron chi connectivity index (χ1n) is 19.3. The summed E-state index contributed by atoms with van der Waals surface area (Å²) in [5.74, 6) is 2.20. The lowest BCUT2D eigenvalue weighted by molar-refractivity contribution is -0.142. The van der Waals surface area contributed by atoms with Gasteiger partial charge in [0, 0.05) is 33.3 Å². The van der Waals surface area contributed by atoms with Crippen LogP contribution in [0.25, 0.3) is 0 Å². The molecule has 4 aromatic rings. The highest BCUT2D eigenvalue weighted by Crippen LogP contribution is 2.37. The number of methoxy groups -OCH3 is 4. The SMILES string of the molecule is CCOC(=O)CBr.CCOC(=O)Cc1cc(C=O)ccc1OC.COc1ccc(C=O)cc1.COc1ccc(C=O)cc1B1OC(C)(C)C(C)(C)O1.COc1ccc(C=O)cc1Br. The molecule has 1 heterocycles. The van der Waals surface area contributed by atoms with Gasteiger partial charge in [-0.25, -0.2) is 0 Å². The number of halogens is 2. The molecule has 0 N–H and O–H groups in total. The van der Waals surface area contributed by atoms with Crippen LogP contribution in [-0.4, -0.2) is 102 Å². The van der Waals surface area contributed by atoms with Gasteiger partial charge in [0.05, 0.1) is 63.7 Å². The Morgan fingerprint density at radius 3 is 1.43 bits per heavy atom. The van der Waals surface area contributed by atoms with E-state index < -0.39 is 18.3 Å². The smallest absolute Gasteiger partial charge is 0.497 e. The maximum Gasteiger partial charge on any atom is 0.498 e. The number of esters is 2. The van der Waals surface area contributed by atoms with Crippen molar-refractivity contribution in [1.29, 1.82) is 0 Å². The minimum atomic E-state index is -0.528. The van der Waals surface area contributed by atoms with Gasteiger partial charge in [0.25, 0.3) is 0 Å². The average Bonchev–Trinajstić information content (AvgIpc) is 3.52. The Kier molecular flexibility index (Phi) is 25.7. The lowest BCUT2D eigenvalue weighted by atomic mass is 9.77. The van der Waals surface area contributed by atoms with E-state index in [1.54, 1.807) is 114 Å². The summed E-state index contributed by atoms with van der Waals surface area (Å²) in [5.41, 5.74) is 2.96. The van der Waals surface area contributed by atoms with E-state index in [0.29, 0.717) is 57.9 Å². The fraction of sp³-hybridized carbons (Fsp3) is 0.348. The van der Waals surface area contributed by atoms with Crippen LogP contribution in [0, 0.1) is 0 Å². The number of carbonyl (C=O) groups is 6. The normalized spacial score (nSPS) is 12.5. The highest BCUT2D eigenvalue weighted by molar-refractivity contribution is 9.10. The van der Waals surface area contributed by atoms with Crippen molar-refractivity contribution in [2.24, 2.45) is 0 Å². The molecule has 1 saturated heterocycles. The van der Waals surface area contributed by atoms with Crippen LogP contribution in [0.15, 0.2) is 83.3 Å². The molecule has 0 unspecified atom stereocenters. The van der Waals surface area contributed by atoms with Gasteiger partial charge in [-0.3, -0.25) is 28.8 Å². The first-order chi connectivity index (χ1) is 30.0. The third-order valence-corrected chi connectivity index (χ3v) is 10.0. The highest BCUT2D eigenvalue weighted by atomic mass is 79.9. The van der Waals surface area contributed by atoms with Gasteiger partial charge >= 0.3 is 19.1 Å². The minimum absolute atomic E-state index is 0.110. The molecule has 1 aliphatic rings. The van der Waals surface area contributed by atoms with E-state index in [1.807, 2.05) is 27.7 Å². The molecular formula is C46H55BBr2O14. The second kappa shape index (κ2) is 29.1. The van der Waals surface area contributed by atoms with Crippen molar-refractivity contribution in [3.05, 3.63) is 111 Å². The summed E-state index contributed by atoms with van der Waals surface area (Å²) in [6.45, 7) is 12.3. The van der Waals surface area contributed by atoms with E-state index >= 15 is 0 Å². The first-order valence-corrected chi connectivity index (χ1v) is 21.2. The summed E-state index contributed by atoms with van der Waals surface area (Å²) < 4.78 is 42.4. The molecule has 1 fully saturated rings. The fourth-order valence-corrected chi connectivity index (χ4v) is 5.72. The molecule has 0 aromatic heterocycles. The van der Waals surface area contributed by atoms with E-state index in [2.05, 4.69) is 36.6 Å². The van der Waals surface area contributed by atoms with Crippen molar-refractivity contribution >= 4 is 81.5 Å². The Morgan fingerprint density at radius 2 is 1.02 bits per heavy atom. The summed E-state index contributed by atoms with van der Waals surface area (Å²) >= 11 is 6.21. The van der Waals surface area contributed by atoms with E-state index in [1.165, 1.54) is 7.11 Å². The Morgan fingerprint density at radius 1 is 0.587 bits per heavy atom. The van der Waals surface area contributed by atoms with Crippen molar-refractivity contribution in [1.82, 2.24) is 0 Å². The van der Waals surface area contributed by atoms with Crippen LogP contribution in [0.3, 0.4) is 0 Å². The molecule has 1 aliphatic heterocycles. The average molecular weight is 1000 g/mol. The van der Waals surface area contributed by atoms with Gasteiger partial charge in [-0.05, 0) is 136 Å². The van der Waals surface area contributed by atoms with E-state index in [4.69, 9.17) is 33.0 Å². The Labute approximate surface area is 386 Å². The molecule has 0 atom stereocenters. The molecule has 14 nitrogen and oxygen atoms in total. The van der Waals surface area contributed by atoms with Crippen molar-refractivity contribution < 1.29 is 66.5 Å². The molecular weight excluding hydrogens is 947 g/mol. The van der Waals surface area contributed by atoms with Gasteiger partial charge < -0.3 is 37.7 Å². The largest absolute Gasteiger partial charge is 0.498 e. The Balaban J connectivity index is 0.000000410. The number of hydrogen-bond acceptors (Lipinski definition) is 14. The third kappa shape index (κ3) is 18.9. The summed E-state index contributed by atoms with van der Waals surface area (Å²) in [5, 5.41) is 0.292. The second-order valence-electron chi connectivity index (χ2n) is 13.7. The number of rotatable bonds is 14. The predicted molar refractivity (Wildman–Crippen MR) is 248 cm³/mol. The number of aldehydes is 4. The monoisotopic (exact) mass is 1000 g/mol. The maximum atomic E-state index is 11.3. The van der Waals surface area contributed by atoms with Crippen LogP contribution in [0.2, 0.25) is 0 Å². The van der Waals surface area contributed by atoms with E-state index in [-0.39, 0.29) is 18.4 Å². The van der Waals surface area contributed by atoms with Gasteiger partial charge in [-0.15, -0.1) is 0 Å². The molecule has 0 amide bonds. The van der Waals surface area contributed by atoms with Gasteiger partial charge in [-0.2, -0.15) is 0 Å². The van der Waals surface area contributed by atoms with Crippen LogP contribution in [-0.2, 0) is 34.8 Å². The molecule has 0 bridgehead atoms. The van der Waals surface area contributed by atoms with Gasteiger partial charge in [0.1, 0.15) is 53.5 Å². The summed E-state index contributed by atoms with van der Waals surface area (Å²) in [4.78, 5) is 63.4. The van der Waals surface area contributed by atoms with Gasteiger partial charge in [-0.1, -0.05) is 15.9 Å². The zero-order valence-electron chi connectivity index (χ0n) is 37.2. The van der Waals surface area contributed by atoms with Crippen molar-refractivity contribution in [3.8, 4) is 23.0 Å². The van der Waals surface area contributed by atoms with Crippen LogP contribution in [0.4, 0.5) is 0 Å². The van der Waals surface area contributed by atoms with Crippen molar-refractivity contribution in [3.63, 3.8) is 0 Å². The molecule has 17 heteroatoms. The number of alkyl halides is 1. The zero-order valence-corrected chi connectivity index (χ0v) is 40.4. The summed E-state index contributed by atoms with van der Waals surface area (Å²) in [7, 11) is 5.76. The summed E-state index contributed by atoms with van der Waals surface area (Å²) in [6, 6.07) is 22.2. The number of hydrogen-bond donors (Lipinski definition) is 0. The second-order valence-corrected chi connectivity index (χ2v) is 15.1. The number of carbonyl (C=O) groups excluding carboxylic acids is 6. The Bertz CT molecular complexity index is 2060. The molecule has 63 heavy (non-hydrogen) atoms. The molecule has 4 aromatic carbocycles. The molecule has 5 rings (SSSR count). The molecule has 0 radical (unpaired) electrons. The zero-order chi connectivity index (χ0) is 47.6. The molecule has 0 aliphatic carbocycles. The van der Waals surface area contributed by atoms with Crippen molar-refractivity contribution in [2.45, 2.75) is 59.2 Å². The topological polar surface area (TPSA) is 176 Å². The quantitative estimate of drug-likeness (QED) is 0.0512. The number of ether oxygens (including phenoxy) is 6. The highest BCUT2D eigenvalue weighted by Gasteiger charge is 2.52. The fourth-order valence-electron chi connectivity index (χ4n) is 5.00. The Hall–Kier alpha value is -5.36. The standard InChI is InChI=1S/C14H19BO4.C12H14O4.C8H7BrO2.C8H8O2.C4H7BrO2/c1-13(2)14(3,4)19-15(18-13)11-8-10(9-16)6-7-12(11)17-5;1-3-16-12(14)7-10-6-9(8-13)4-5-11(10)15-2;1-11-8-3-2-6(5-10)4-7(8)9;1-10-8-4-2-7(6-9)3-5-8;1-2-7-4(6)3-5/h6-9H,1-5H3;4-6,8H,3,7H2,1-2H3;2-5H,1H3;2-6H,1H3;2-3H2,1H3. The molecule has 0 saturated carbocycles. The maximum absolute atomic E-state index is 11.3. The lowest BCUT2D eigenvalue weighted by Gasteiger charge is -2.32. The third-order valence-electron chi connectivity index (χ3n) is 8.96. The van der Waals surface area contributed by atoms with Crippen LogP contribution in [0.5, 0.6) is 23.0 Å². The van der Waals surface area contributed by atoms with Crippen molar-refractivity contribution in [2.75, 3.05) is 47.0 Å². The molecule has 0 spiro atoms. The summed E-state index contributed by atoms with van der Waals surface area (Å²) in [6.07, 6.45) is 3.24. The van der Waals surface area contributed by atoms with E-state index in [9.17, 15) is 28.8 Å².